The number of aromatic nitrogens is 1. The summed E-state index contributed by atoms with van der Waals surface area (Å²) >= 11 is 0. The molecule has 1 rings (SSSR count). The van der Waals surface area contributed by atoms with E-state index in [1.165, 1.54) is 0 Å². The third-order valence-corrected chi connectivity index (χ3v) is 2.41. The van der Waals surface area contributed by atoms with Gasteiger partial charge in [-0.2, -0.15) is 0 Å². The summed E-state index contributed by atoms with van der Waals surface area (Å²) in [5.41, 5.74) is 6.87. The largest absolute Gasteiger partial charge is 0.475 e. The zero-order chi connectivity index (χ0) is 12.1. The third-order valence-electron chi connectivity index (χ3n) is 2.41. The van der Waals surface area contributed by atoms with Crippen molar-refractivity contribution in [2.45, 2.75) is 46.3 Å². The molecule has 0 saturated carbocycles. The van der Waals surface area contributed by atoms with Gasteiger partial charge in [-0.1, -0.05) is 13.8 Å². The average Bonchev–Trinajstić information content (AvgIpc) is 2.16. The van der Waals surface area contributed by atoms with Crippen molar-refractivity contribution in [3.8, 4) is 5.88 Å². The molecule has 0 saturated heterocycles. The molecule has 1 aromatic rings. The lowest BCUT2D eigenvalue weighted by Crippen LogP contribution is -2.15. The topological polar surface area (TPSA) is 48.1 Å². The molecule has 0 aromatic carbocycles. The van der Waals surface area contributed by atoms with Gasteiger partial charge in [0.1, 0.15) is 0 Å². The monoisotopic (exact) mass is 222 g/mol. The predicted octanol–water partition coefficient (Wildman–Crippen LogP) is 2.91. The fourth-order valence-electron chi connectivity index (χ4n) is 1.69. The Bertz CT molecular complexity index is 323. The van der Waals surface area contributed by atoms with Crippen LogP contribution in [0.5, 0.6) is 5.88 Å². The molecule has 1 aromatic heterocycles. The van der Waals surface area contributed by atoms with Crippen LogP contribution in [0.1, 0.15) is 45.7 Å². The van der Waals surface area contributed by atoms with Gasteiger partial charge in [0.15, 0.2) is 0 Å². The normalized spacial score (nSPS) is 14.9. The number of nitrogens with two attached hydrogens (primary N) is 1. The second kappa shape index (κ2) is 5.85. The molecule has 2 unspecified atom stereocenters. The molecule has 3 nitrogen and oxygen atoms in total. The van der Waals surface area contributed by atoms with Crippen LogP contribution in [-0.2, 0) is 0 Å². The molecule has 0 radical (unpaired) electrons. The molecule has 0 aliphatic heterocycles. The molecular weight excluding hydrogens is 200 g/mol. The molecule has 0 spiro atoms. The molecule has 3 heteroatoms. The van der Waals surface area contributed by atoms with Gasteiger partial charge in [-0.15, -0.1) is 0 Å². The van der Waals surface area contributed by atoms with Gasteiger partial charge in [-0.25, -0.2) is 4.98 Å². The maximum atomic E-state index is 5.81. The van der Waals surface area contributed by atoms with E-state index in [1.54, 1.807) is 6.20 Å². The summed E-state index contributed by atoms with van der Waals surface area (Å²) in [6.07, 6.45) is 2.97. The lowest BCUT2D eigenvalue weighted by molar-refractivity contribution is 0.185. The molecule has 0 amide bonds. The van der Waals surface area contributed by atoms with Crippen LogP contribution in [0.2, 0.25) is 0 Å². The van der Waals surface area contributed by atoms with Crippen molar-refractivity contribution >= 4 is 0 Å². The zero-order valence-corrected chi connectivity index (χ0v) is 10.6. The Morgan fingerprint density at radius 2 is 2.00 bits per heavy atom. The Labute approximate surface area is 98.0 Å². The van der Waals surface area contributed by atoms with Crippen LogP contribution in [0.15, 0.2) is 18.3 Å². The molecule has 2 atom stereocenters. The molecule has 16 heavy (non-hydrogen) atoms. The summed E-state index contributed by atoms with van der Waals surface area (Å²) in [5, 5.41) is 0. The van der Waals surface area contributed by atoms with Crippen LogP contribution in [0.3, 0.4) is 0 Å². The standard InChI is InChI=1S/C13H22N2O/c1-9(2)7-10(3)16-13-8-12(11(4)14)5-6-15-13/h5-6,8-11H,7,14H2,1-4H3. The summed E-state index contributed by atoms with van der Waals surface area (Å²) in [5.74, 6) is 1.30. The van der Waals surface area contributed by atoms with Gasteiger partial charge in [0.25, 0.3) is 0 Å². The number of ether oxygens (including phenoxy) is 1. The number of pyridine rings is 1. The Morgan fingerprint density at radius 1 is 1.31 bits per heavy atom. The summed E-state index contributed by atoms with van der Waals surface area (Å²) < 4.78 is 5.75. The fourth-order valence-corrected chi connectivity index (χ4v) is 1.69. The van der Waals surface area contributed by atoms with Gasteiger partial charge in [0.05, 0.1) is 6.10 Å². The highest BCUT2D eigenvalue weighted by Gasteiger charge is 2.08. The molecule has 1 heterocycles. The van der Waals surface area contributed by atoms with Gasteiger partial charge in [0.2, 0.25) is 5.88 Å². The summed E-state index contributed by atoms with van der Waals surface area (Å²) in [4.78, 5) is 4.19. The molecule has 0 bridgehead atoms. The maximum Gasteiger partial charge on any atom is 0.213 e. The smallest absolute Gasteiger partial charge is 0.213 e. The number of hydrogen-bond acceptors (Lipinski definition) is 3. The second-order valence-electron chi connectivity index (χ2n) is 4.77. The van der Waals surface area contributed by atoms with E-state index in [9.17, 15) is 0 Å². The molecule has 2 N–H and O–H groups in total. The fraction of sp³-hybridized carbons (Fsp3) is 0.615. The zero-order valence-electron chi connectivity index (χ0n) is 10.6. The maximum absolute atomic E-state index is 5.81. The van der Waals surface area contributed by atoms with E-state index >= 15 is 0 Å². The second-order valence-corrected chi connectivity index (χ2v) is 4.77. The van der Waals surface area contributed by atoms with Crippen molar-refractivity contribution < 1.29 is 4.74 Å². The average molecular weight is 222 g/mol. The van der Waals surface area contributed by atoms with Gasteiger partial charge in [0, 0.05) is 18.3 Å². The Morgan fingerprint density at radius 3 is 2.56 bits per heavy atom. The number of hydrogen-bond donors (Lipinski definition) is 1. The van der Waals surface area contributed by atoms with E-state index in [4.69, 9.17) is 10.5 Å². The van der Waals surface area contributed by atoms with Crippen molar-refractivity contribution in [2.24, 2.45) is 11.7 Å². The van der Waals surface area contributed by atoms with Gasteiger partial charge in [-0.05, 0) is 37.8 Å². The summed E-state index contributed by atoms with van der Waals surface area (Å²) in [6.45, 7) is 8.40. The highest BCUT2D eigenvalue weighted by molar-refractivity contribution is 5.22. The minimum Gasteiger partial charge on any atom is -0.475 e. The van der Waals surface area contributed by atoms with E-state index in [-0.39, 0.29) is 12.1 Å². The highest BCUT2D eigenvalue weighted by Crippen LogP contribution is 2.17. The molecule has 90 valence electrons. The first kappa shape index (κ1) is 13.0. The van der Waals surface area contributed by atoms with Crippen LogP contribution < -0.4 is 10.5 Å². The molecular formula is C13H22N2O. The Hall–Kier alpha value is -1.09. The quantitative estimate of drug-likeness (QED) is 0.833. The van der Waals surface area contributed by atoms with E-state index in [2.05, 4.69) is 25.8 Å². The summed E-state index contributed by atoms with van der Waals surface area (Å²) in [6, 6.07) is 3.86. The summed E-state index contributed by atoms with van der Waals surface area (Å²) in [7, 11) is 0. The Balaban J connectivity index is 2.63. The van der Waals surface area contributed by atoms with Crippen molar-refractivity contribution in [1.29, 1.82) is 0 Å². The highest BCUT2D eigenvalue weighted by atomic mass is 16.5. The van der Waals surface area contributed by atoms with Crippen molar-refractivity contribution in [2.75, 3.05) is 0 Å². The van der Waals surface area contributed by atoms with Crippen molar-refractivity contribution in [3.05, 3.63) is 23.9 Å². The first-order valence-electron chi connectivity index (χ1n) is 5.87. The van der Waals surface area contributed by atoms with Crippen molar-refractivity contribution in [3.63, 3.8) is 0 Å². The molecule has 0 aliphatic carbocycles. The van der Waals surface area contributed by atoms with Crippen LogP contribution >= 0.6 is 0 Å². The minimum absolute atomic E-state index is 0.0192. The minimum atomic E-state index is 0.0192. The van der Waals surface area contributed by atoms with E-state index in [0.29, 0.717) is 11.8 Å². The molecule has 0 aliphatic rings. The first-order valence-corrected chi connectivity index (χ1v) is 5.87. The SMILES string of the molecule is CC(C)CC(C)Oc1cc(C(C)N)ccn1. The van der Waals surface area contributed by atoms with Crippen LogP contribution in [0.4, 0.5) is 0 Å². The van der Waals surface area contributed by atoms with E-state index < -0.39 is 0 Å². The van der Waals surface area contributed by atoms with E-state index in [1.807, 2.05) is 19.1 Å². The van der Waals surface area contributed by atoms with Gasteiger partial charge < -0.3 is 10.5 Å². The van der Waals surface area contributed by atoms with Crippen LogP contribution in [-0.4, -0.2) is 11.1 Å². The van der Waals surface area contributed by atoms with Crippen LogP contribution in [0, 0.1) is 5.92 Å². The van der Waals surface area contributed by atoms with Crippen molar-refractivity contribution in [1.82, 2.24) is 4.98 Å². The van der Waals surface area contributed by atoms with Gasteiger partial charge in [-0.3, -0.25) is 0 Å². The lowest BCUT2D eigenvalue weighted by atomic mass is 10.1. The first-order chi connectivity index (χ1) is 7.49. The number of nitrogens with zero attached hydrogens (tertiary/aromatic N) is 1. The lowest BCUT2D eigenvalue weighted by Gasteiger charge is -2.16. The predicted molar refractivity (Wildman–Crippen MR) is 66.4 cm³/mol. The third kappa shape index (κ3) is 4.19. The Kier molecular flexibility index (Phi) is 4.74. The van der Waals surface area contributed by atoms with Crippen LogP contribution in [0.25, 0.3) is 0 Å². The molecule has 0 fully saturated rings. The van der Waals surface area contributed by atoms with Gasteiger partial charge >= 0.3 is 0 Å². The number of rotatable bonds is 5. The van der Waals surface area contributed by atoms with E-state index in [0.717, 1.165) is 12.0 Å².